The molecule has 7 nitrogen and oxygen atoms in total. The number of carbonyl (C=O) groups excluding carboxylic acids is 1. The van der Waals surface area contributed by atoms with E-state index >= 15 is 0 Å². The topological polar surface area (TPSA) is 80.3 Å². The summed E-state index contributed by atoms with van der Waals surface area (Å²) in [7, 11) is 1.62. The number of aromatic amines is 1. The van der Waals surface area contributed by atoms with E-state index in [9.17, 15) is 4.79 Å². The molecule has 0 saturated carbocycles. The molecule has 3 rings (SSSR count). The Balaban J connectivity index is 1.67. The van der Waals surface area contributed by atoms with Gasteiger partial charge < -0.3 is 14.4 Å². The first-order valence-electron chi connectivity index (χ1n) is 9.13. The molecule has 2 heterocycles. The number of methoxy groups -OCH3 is 1. The lowest BCUT2D eigenvalue weighted by Gasteiger charge is -2.34. The molecular weight excluding hydrogens is 332 g/mol. The molecule has 0 bridgehead atoms. The van der Waals surface area contributed by atoms with E-state index in [2.05, 4.69) is 22.1 Å². The van der Waals surface area contributed by atoms with Crippen LogP contribution in [0.4, 0.5) is 0 Å². The van der Waals surface area contributed by atoms with Gasteiger partial charge in [-0.3, -0.25) is 9.89 Å². The number of benzene rings is 1. The molecule has 1 atom stereocenters. The predicted octanol–water partition coefficient (Wildman–Crippen LogP) is 2.65. The smallest absolute Gasteiger partial charge is 0.261 e. The summed E-state index contributed by atoms with van der Waals surface area (Å²) in [6.45, 7) is 3.19. The highest BCUT2D eigenvalue weighted by Crippen LogP contribution is 2.29. The van der Waals surface area contributed by atoms with Crippen LogP contribution in [0.2, 0.25) is 0 Å². The summed E-state index contributed by atoms with van der Waals surface area (Å²) in [5.41, 5.74) is 1.11. The second kappa shape index (κ2) is 8.80. The van der Waals surface area contributed by atoms with Gasteiger partial charge in [0.05, 0.1) is 6.04 Å². The molecule has 140 valence electrons. The molecule has 26 heavy (non-hydrogen) atoms. The number of aryl methyl sites for hydroxylation is 1. The summed E-state index contributed by atoms with van der Waals surface area (Å²) in [4.78, 5) is 19.1. The van der Waals surface area contributed by atoms with Crippen LogP contribution in [0.1, 0.15) is 49.4 Å². The van der Waals surface area contributed by atoms with Crippen molar-refractivity contribution in [1.82, 2.24) is 20.1 Å². The number of nitrogens with zero attached hydrogens (tertiary/aromatic N) is 3. The lowest BCUT2D eigenvalue weighted by atomic mass is 10.0. The molecule has 1 N–H and O–H groups in total. The molecule has 0 unspecified atom stereocenters. The Bertz CT molecular complexity index is 731. The summed E-state index contributed by atoms with van der Waals surface area (Å²) in [6.07, 6.45) is 3.78. The standard InChI is InChI=1S/C19H26N4O3/c1-3-14-8-4-5-10-16(14)26-13-18(24)23-11-7-6-9-15(23)19-20-17(12-25-2)21-22-19/h4-5,8,10,15H,3,6-7,9,11-13H2,1-2H3,(H,20,21,22)/t15-/m1/s1. The minimum Gasteiger partial charge on any atom is -0.483 e. The van der Waals surface area contributed by atoms with Gasteiger partial charge in [0.25, 0.3) is 5.91 Å². The van der Waals surface area contributed by atoms with Gasteiger partial charge in [-0.25, -0.2) is 4.98 Å². The molecule has 0 spiro atoms. The van der Waals surface area contributed by atoms with Crippen LogP contribution in [0.15, 0.2) is 24.3 Å². The van der Waals surface area contributed by atoms with E-state index in [1.165, 1.54) is 0 Å². The summed E-state index contributed by atoms with van der Waals surface area (Å²) in [5.74, 6) is 2.07. The van der Waals surface area contributed by atoms with Gasteiger partial charge >= 0.3 is 0 Å². The number of likely N-dealkylation sites (tertiary alicyclic amines) is 1. The van der Waals surface area contributed by atoms with Crippen molar-refractivity contribution in [2.45, 2.75) is 45.3 Å². The average Bonchev–Trinajstić information content (AvgIpc) is 3.15. The second-order valence-corrected chi connectivity index (χ2v) is 6.42. The highest BCUT2D eigenvalue weighted by atomic mass is 16.5. The SMILES string of the molecule is CCc1ccccc1OCC(=O)N1CCCC[C@@H]1c1n[nH]c(COC)n1. The number of para-hydroxylation sites is 1. The number of hydrogen-bond acceptors (Lipinski definition) is 5. The van der Waals surface area contributed by atoms with E-state index in [0.717, 1.165) is 37.0 Å². The summed E-state index contributed by atoms with van der Waals surface area (Å²) < 4.78 is 10.9. The van der Waals surface area contributed by atoms with Crippen molar-refractivity contribution < 1.29 is 14.3 Å². The zero-order valence-corrected chi connectivity index (χ0v) is 15.4. The van der Waals surface area contributed by atoms with Gasteiger partial charge in [-0.1, -0.05) is 25.1 Å². The van der Waals surface area contributed by atoms with Crippen molar-refractivity contribution >= 4 is 5.91 Å². The Morgan fingerprint density at radius 2 is 2.19 bits per heavy atom. The Morgan fingerprint density at radius 3 is 3.00 bits per heavy atom. The quantitative estimate of drug-likeness (QED) is 0.823. The predicted molar refractivity (Wildman–Crippen MR) is 96.7 cm³/mol. The largest absolute Gasteiger partial charge is 0.483 e. The van der Waals surface area contributed by atoms with E-state index in [-0.39, 0.29) is 18.6 Å². The third kappa shape index (κ3) is 4.22. The zero-order chi connectivity index (χ0) is 18.4. The molecule has 1 aromatic heterocycles. The van der Waals surface area contributed by atoms with Crippen LogP contribution in [0.3, 0.4) is 0 Å². The molecule has 0 aliphatic carbocycles. The summed E-state index contributed by atoms with van der Waals surface area (Å²) >= 11 is 0. The summed E-state index contributed by atoms with van der Waals surface area (Å²) in [6, 6.07) is 7.73. The number of rotatable bonds is 7. The van der Waals surface area contributed by atoms with Gasteiger partial charge in [0, 0.05) is 13.7 Å². The average molecular weight is 358 g/mol. The van der Waals surface area contributed by atoms with Crippen molar-refractivity contribution in [3.05, 3.63) is 41.5 Å². The lowest BCUT2D eigenvalue weighted by molar-refractivity contribution is -0.137. The first kappa shape index (κ1) is 18.4. The van der Waals surface area contributed by atoms with Crippen LogP contribution in [0.25, 0.3) is 0 Å². The van der Waals surface area contributed by atoms with Crippen molar-refractivity contribution in [3.8, 4) is 5.75 Å². The fourth-order valence-corrected chi connectivity index (χ4v) is 3.32. The number of aromatic nitrogens is 3. The van der Waals surface area contributed by atoms with Crippen LogP contribution >= 0.6 is 0 Å². The number of hydrogen-bond donors (Lipinski definition) is 1. The van der Waals surface area contributed by atoms with E-state index < -0.39 is 0 Å². The minimum atomic E-state index is -0.108. The highest BCUT2D eigenvalue weighted by molar-refractivity contribution is 5.78. The van der Waals surface area contributed by atoms with E-state index in [1.807, 2.05) is 29.2 Å². The van der Waals surface area contributed by atoms with E-state index in [4.69, 9.17) is 9.47 Å². The van der Waals surface area contributed by atoms with Crippen molar-refractivity contribution in [2.24, 2.45) is 0 Å². The number of piperidine rings is 1. The highest BCUT2D eigenvalue weighted by Gasteiger charge is 2.31. The van der Waals surface area contributed by atoms with Crippen molar-refractivity contribution in [2.75, 3.05) is 20.3 Å². The Hall–Kier alpha value is -2.41. The first-order valence-corrected chi connectivity index (χ1v) is 9.13. The molecule has 1 amide bonds. The van der Waals surface area contributed by atoms with Gasteiger partial charge in [0.1, 0.15) is 12.4 Å². The van der Waals surface area contributed by atoms with Crippen molar-refractivity contribution in [3.63, 3.8) is 0 Å². The fraction of sp³-hybridized carbons (Fsp3) is 0.526. The van der Waals surface area contributed by atoms with Crippen LogP contribution in [-0.2, 0) is 22.6 Å². The minimum absolute atomic E-state index is 0.0290. The Morgan fingerprint density at radius 1 is 1.35 bits per heavy atom. The Kier molecular flexibility index (Phi) is 6.22. The second-order valence-electron chi connectivity index (χ2n) is 6.42. The van der Waals surface area contributed by atoms with E-state index in [0.29, 0.717) is 24.8 Å². The van der Waals surface area contributed by atoms with Crippen LogP contribution in [-0.4, -0.2) is 46.2 Å². The third-order valence-corrected chi connectivity index (χ3v) is 4.66. The number of ether oxygens (including phenoxy) is 2. The van der Waals surface area contributed by atoms with Gasteiger partial charge in [-0.2, -0.15) is 5.10 Å². The number of amides is 1. The first-order chi connectivity index (χ1) is 12.7. The van der Waals surface area contributed by atoms with Crippen LogP contribution < -0.4 is 4.74 Å². The molecule has 1 aromatic carbocycles. The maximum atomic E-state index is 12.8. The number of H-pyrrole nitrogens is 1. The van der Waals surface area contributed by atoms with Crippen LogP contribution in [0.5, 0.6) is 5.75 Å². The van der Waals surface area contributed by atoms with Gasteiger partial charge in [0.2, 0.25) is 0 Å². The fourth-order valence-electron chi connectivity index (χ4n) is 3.32. The maximum absolute atomic E-state index is 12.8. The van der Waals surface area contributed by atoms with Crippen LogP contribution in [0, 0.1) is 0 Å². The molecule has 2 aromatic rings. The number of carbonyl (C=O) groups is 1. The van der Waals surface area contributed by atoms with Gasteiger partial charge in [0.15, 0.2) is 18.3 Å². The molecule has 1 aliphatic heterocycles. The number of nitrogens with one attached hydrogen (secondary N) is 1. The molecule has 1 fully saturated rings. The molecule has 0 radical (unpaired) electrons. The lowest BCUT2D eigenvalue weighted by Crippen LogP contribution is -2.41. The van der Waals surface area contributed by atoms with E-state index in [1.54, 1.807) is 7.11 Å². The third-order valence-electron chi connectivity index (χ3n) is 4.66. The molecule has 7 heteroatoms. The van der Waals surface area contributed by atoms with Crippen molar-refractivity contribution in [1.29, 1.82) is 0 Å². The Labute approximate surface area is 153 Å². The monoisotopic (exact) mass is 358 g/mol. The normalized spacial score (nSPS) is 17.3. The maximum Gasteiger partial charge on any atom is 0.261 e. The summed E-state index contributed by atoms with van der Waals surface area (Å²) in [5, 5.41) is 7.17. The zero-order valence-electron chi connectivity index (χ0n) is 15.4. The van der Waals surface area contributed by atoms with Gasteiger partial charge in [-0.15, -0.1) is 0 Å². The molecule has 1 saturated heterocycles. The molecule has 1 aliphatic rings. The molecular formula is C19H26N4O3. The van der Waals surface area contributed by atoms with Gasteiger partial charge in [-0.05, 0) is 37.3 Å².